The molecular weight excluding hydrogens is 388 g/mol. The van der Waals surface area contributed by atoms with Crippen molar-refractivity contribution in [3.63, 3.8) is 0 Å². The number of fused-ring (bicyclic) bond motifs is 1. The Hall–Kier alpha value is -3.50. The molecule has 0 unspecified atom stereocenters. The average Bonchev–Trinajstić information content (AvgIpc) is 3.46. The number of aromatic nitrogens is 3. The van der Waals surface area contributed by atoms with E-state index in [0.29, 0.717) is 31.2 Å². The van der Waals surface area contributed by atoms with Crippen LogP contribution in [-0.4, -0.2) is 44.7 Å². The van der Waals surface area contributed by atoms with E-state index in [9.17, 15) is 14.7 Å². The summed E-state index contributed by atoms with van der Waals surface area (Å²) in [6, 6.07) is 9.04. The summed E-state index contributed by atoms with van der Waals surface area (Å²) in [6.07, 6.45) is 0.227. The molecule has 10 heteroatoms. The highest BCUT2D eigenvalue weighted by Gasteiger charge is 2.45. The number of aliphatic hydroxyl groups is 1. The van der Waals surface area contributed by atoms with Gasteiger partial charge in [-0.15, -0.1) is 0 Å². The number of rotatable bonds is 4. The number of amides is 2. The second kappa shape index (κ2) is 6.78. The molecular formula is C20H20N6O4. The largest absolute Gasteiger partial charge is 0.373 e. The zero-order valence-electron chi connectivity index (χ0n) is 16.0. The first-order valence-corrected chi connectivity index (χ1v) is 9.66. The third-order valence-corrected chi connectivity index (χ3v) is 5.59. The Morgan fingerprint density at radius 3 is 2.87 bits per heavy atom. The van der Waals surface area contributed by atoms with E-state index in [-0.39, 0.29) is 17.9 Å². The lowest BCUT2D eigenvalue weighted by molar-refractivity contribution is -0.137. The number of hydrogen-bond donors (Lipinski definition) is 4. The van der Waals surface area contributed by atoms with Crippen LogP contribution < -0.4 is 16.4 Å². The zero-order chi connectivity index (χ0) is 20.9. The second-order valence-corrected chi connectivity index (χ2v) is 7.45. The quantitative estimate of drug-likeness (QED) is 0.479. The standard InChI is InChI=1S/C20H20N6O4/c21-17(27)16-14-10-22-6-7-26(14)18(24-16)12-3-1-2-11(8-12)13-9-15(30-25-13)20(29)4-5-23-19(20)28/h1-3,8-9,22,29H,4-7,10H2,(H2,21,27)(H,23,28)/t20-/m1/s1. The van der Waals surface area contributed by atoms with Gasteiger partial charge >= 0.3 is 0 Å². The molecule has 0 radical (unpaired) electrons. The summed E-state index contributed by atoms with van der Waals surface area (Å²) in [4.78, 5) is 28.3. The first kappa shape index (κ1) is 18.5. The molecule has 2 amide bonds. The molecule has 1 atom stereocenters. The smallest absolute Gasteiger partial charge is 0.269 e. The van der Waals surface area contributed by atoms with Gasteiger partial charge in [-0.2, -0.15) is 0 Å². The van der Waals surface area contributed by atoms with Crippen molar-refractivity contribution in [3.8, 4) is 22.6 Å². The third-order valence-electron chi connectivity index (χ3n) is 5.59. The third kappa shape index (κ3) is 2.80. The van der Waals surface area contributed by atoms with E-state index < -0.39 is 17.4 Å². The zero-order valence-corrected chi connectivity index (χ0v) is 16.0. The fourth-order valence-electron chi connectivity index (χ4n) is 4.00. The summed E-state index contributed by atoms with van der Waals surface area (Å²) in [5.74, 6) is -0.289. The van der Waals surface area contributed by atoms with E-state index in [1.807, 2.05) is 28.8 Å². The second-order valence-electron chi connectivity index (χ2n) is 7.45. The molecule has 30 heavy (non-hydrogen) atoms. The van der Waals surface area contributed by atoms with Gasteiger partial charge in [0.05, 0.1) is 5.69 Å². The van der Waals surface area contributed by atoms with E-state index in [1.54, 1.807) is 6.07 Å². The number of hydrogen-bond acceptors (Lipinski definition) is 7. The maximum absolute atomic E-state index is 12.0. The van der Waals surface area contributed by atoms with Gasteiger partial charge in [-0.1, -0.05) is 23.4 Å². The fourth-order valence-corrected chi connectivity index (χ4v) is 4.00. The van der Waals surface area contributed by atoms with Crippen LogP contribution in [-0.2, 0) is 23.5 Å². The Kier molecular flexibility index (Phi) is 4.19. The lowest BCUT2D eigenvalue weighted by atomic mass is 9.98. The number of primary amides is 1. The summed E-state index contributed by atoms with van der Waals surface area (Å²) in [5.41, 5.74) is 6.87. The predicted molar refractivity (Wildman–Crippen MR) is 105 cm³/mol. The first-order valence-electron chi connectivity index (χ1n) is 9.66. The van der Waals surface area contributed by atoms with Crippen molar-refractivity contribution in [1.29, 1.82) is 0 Å². The van der Waals surface area contributed by atoms with E-state index in [4.69, 9.17) is 10.3 Å². The number of carbonyl (C=O) groups excluding carboxylic acids is 2. The molecule has 1 saturated heterocycles. The predicted octanol–water partition coefficient (Wildman–Crippen LogP) is 0.115. The molecule has 0 bridgehead atoms. The molecule has 1 fully saturated rings. The number of nitrogens with zero attached hydrogens (tertiary/aromatic N) is 3. The van der Waals surface area contributed by atoms with Crippen molar-refractivity contribution in [1.82, 2.24) is 25.3 Å². The number of nitrogens with one attached hydrogen (secondary N) is 2. The molecule has 1 aromatic carbocycles. The minimum absolute atomic E-state index is 0.109. The van der Waals surface area contributed by atoms with Crippen LogP contribution in [0.3, 0.4) is 0 Å². The van der Waals surface area contributed by atoms with Crippen LogP contribution in [0.2, 0.25) is 0 Å². The van der Waals surface area contributed by atoms with Crippen molar-refractivity contribution in [2.75, 3.05) is 13.1 Å². The van der Waals surface area contributed by atoms with Gasteiger partial charge in [0.1, 0.15) is 11.5 Å². The van der Waals surface area contributed by atoms with E-state index in [1.165, 1.54) is 0 Å². The monoisotopic (exact) mass is 408 g/mol. The van der Waals surface area contributed by atoms with Gasteiger partial charge in [0.25, 0.3) is 11.8 Å². The van der Waals surface area contributed by atoms with Crippen molar-refractivity contribution < 1.29 is 19.2 Å². The van der Waals surface area contributed by atoms with Crippen molar-refractivity contribution in [3.05, 3.63) is 47.5 Å². The van der Waals surface area contributed by atoms with Crippen LogP contribution in [0.1, 0.15) is 28.4 Å². The molecule has 5 N–H and O–H groups in total. The fraction of sp³-hybridized carbons (Fsp3) is 0.300. The molecule has 2 aromatic heterocycles. The number of nitrogens with two attached hydrogens (primary N) is 1. The van der Waals surface area contributed by atoms with Crippen LogP contribution in [0.15, 0.2) is 34.9 Å². The molecule has 0 spiro atoms. The highest BCUT2D eigenvalue weighted by atomic mass is 16.5. The SMILES string of the molecule is NC(=O)c1nc(-c2cccc(-c3cc([C@]4(O)CCNC4=O)on3)c2)n2c1CNCC2. The Morgan fingerprint density at radius 1 is 1.27 bits per heavy atom. The van der Waals surface area contributed by atoms with Crippen LogP contribution in [0, 0.1) is 0 Å². The van der Waals surface area contributed by atoms with Crippen LogP contribution in [0.25, 0.3) is 22.6 Å². The maximum Gasteiger partial charge on any atom is 0.269 e. The lowest BCUT2D eigenvalue weighted by Gasteiger charge is -2.18. The van der Waals surface area contributed by atoms with Gasteiger partial charge in [0.2, 0.25) is 5.60 Å². The summed E-state index contributed by atoms with van der Waals surface area (Å²) in [5, 5.41) is 20.5. The Bertz CT molecular complexity index is 1170. The molecule has 2 aliphatic rings. The topological polar surface area (TPSA) is 148 Å². The number of benzene rings is 1. The molecule has 2 aliphatic heterocycles. The summed E-state index contributed by atoms with van der Waals surface area (Å²) < 4.78 is 7.29. The van der Waals surface area contributed by atoms with E-state index in [2.05, 4.69) is 20.8 Å². The van der Waals surface area contributed by atoms with Crippen molar-refractivity contribution in [2.24, 2.45) is 5.73 Å². The van der Waals surface area contributed by atoms with Crippen LogP contribution in [0.4, 0.5) is 0 Å². The van der Waals surface area contributed by atoms with Gasteiger partial charge in [0.15, 0.2) is 11.5 Å². The summed E-state index contributed by atoms with van der Waals surface area (Å²) in [7, 11) is 0. The van der Waals surface area contributed by atoms with Gasteiger partial charge in [-0.25, -0.2) is 4.98 Å². The molecule has 5 rings (SSSR count). The highest BCUT2D eigenvalue weighted by Crippen LogP contribution is 2.33. The van der Waals surface area contributed by atoms with E-state index >= 15 is 0 Å². The molecule has 10 nitrogen and oxygen atoms in total. The van der Waals surface area contributed by atoms with Gasteiger partial charge in [0, 0.05) is 49.8 Å². The molecule has 3 aromatic rings. The molecule has 0 aliphatic carbocycles. The van der Waals surface area contributed by atoms with Gasteiger partial charge in [-0.3, -0.25) is 9.59 Å². The Balaban J connectivity index is 1.54. The van der Waals surface area contributed by atoms with Gasteiger partial charge in [-0.05, 0) is 6.07 Å². The summed E-state index contributed by atoms with van der Waals surface area (Å²) in [6.45, 7) is 2.34. The normalized spacial score (nSPS) is 20.8. The minimum Gasteiger partial charge on any atom is -0.373 e. The minimum atomic E-state index is -1.70. The first-order chi connectivity index (χ1) is 14.5. The summed E-state index contributed by atoms with van der Waals surface area (Å²) >= 11 is 0. The Morgan fingerprint density at radius 2 is 2.10 bits per heavy atom. The molecule has 0 saturated carbocycles. The average molecular weight is 408 g/mol. The van der Waals surface area contributed by atoms with Crippen molar-refractivity contribution in [2.45, 2.75) is 25.1 Å². The van der Waals surface area contributed by atoms with E-state index in [0.717, 1.165) is 23.4 Å². The maximum atomic E-state index is 12.0. The van der Waals surface area contributed by atoms with Crippen LogP contribution >= 0.6 is 0 Å². The highest BCUT2D eigenvalue weighted by molar-refractivity contribution is 5.93. The number of carbonyl (C=O) groups is 2. The lowest BCUT2D eigenvalue weighted by Crippen LogP contribution is -2.34. The van der Waals surface area contributed by atoms with Crippen molar-refractivity contribution >= 4 is 11.8 Å². The molecule has 4 heterocycles. The molecule has 154 valence electrons. The van der Waals surface area contributed by atoms with Crippen LogP contribution in [0.5, 0.6) is 0 Å². The number of imidazole rings is 1. The van der Waals surface area contributed by atoms with Gasteiger partial charge < -0.3 is 30.6 Å². The Labute approximate surface area is 171 Å².